The van der Waals surface area contributed by atoms with Crippen LogP contribution in [0.25, 0.3) is 10.9 Å². The molecule has 2 heterocycles. The summed E-state index contributed by atoms with van der Waals surface area (Å²) in [7, 11) is 0. The smallest absolute Gasteiger partial charge is 0.295 e. The van der Waals surface area contributed by atoms with Crippen LogP contribution >= 0.6 is 0 Å². The van der Waals surface area contributed by atoms with Gasteiger partial charge < -0.3 is 9.88 Å². The third-order valence-corrected chi connectivity index (χ3v) is 3.39. The summed E-state index contributed by atoms with van der Waals surface area (Å²) >= 11 is 0. The van der Waals surface area contributed by atoms with E-state index in [-0.39, 0.29) is 16.8 Å². The number of hydrogen-bond donors (Lipinski definition) is 1. The molecule has 3 rings (SSSR count). The maximum absolute atomic E-state index is 12.0. The third kappa shape index (κ3) is 1.83. The Morgan fingerprint density at radius 1 is 1.32 bits per heavy atom. The monoisotopic (exact) mass is 260 g/mol. The Morgan fingerprint density at radius 3 is 2.74 bits per heavy atom. The van der Waals surface area contributed by atoms with Crippen molar-refractivity contribution in [3.8, 4) is 0 Å². The van der Waals surface area contributed by atoms with Gasteiger partial charge in [0, 0.05) is 19.2 Å². The van der Waals surface area contributed by atoms with E-state index in [4.69, 9.17) is 0 Å². The Hall–Kier alpha value is -2.44. The number of nitro groups is 1. The molecule has 1 N–H and O–H groups in total. The van der Waals surface area contributed by atoms with Crippen LogP contribution in [0, 0.1) is 10.1 Å². The summed E-state index contributed by atoms with van der Waals surface area (Å²) in [6, 6.07) is 3.06. The van der Waals surface area contributed by atoms with E-state index < -0.39 is 4.92 Å². The first kappa shape index (κ1) is 11.6. The van der Waals surface area contributed by atoms with Crippen LogP contribution in [0.4, 0.5) is 11.4 Å². The van der Waals surface area contributed by atoms with Gasteiger partial charge in [0.1, 0.15) is 0 Å². The van der Waals surface area contributed by atoms with Crippen molar-refractivity contribution < 1.29 is 4.92 Å². The van der Waals surface area contributed by atoms with E-state index in [1.807, 2.05) is 0 Å². The van der Waals surface area contributed by atoms with Crippen LogP contribution < -0.4 is 10.5 Å². The van der Waals surface area contributed by atoms with E-state index in [0.29, 0.717) is 5.39 Å². The fraction of sp³-hybridized carbons (Fsp3) is 0.333. The van der Waals surface area contributed by atoms with Crippen LogP contribution in [0.2, 0.25) is 0 Å². The number of aromatic nitrogens is 2. The lowest BCUT2D eigenvalue weighted by Gasteiger charge is -2.18. The minimum absolute atomic E-state index is 0.135. The highest BCUT2D eigenvalue weighted by Gasteiger charge is 2.22. The number of nitrogens with one attached hydrogen (secondary N) is 1. The van der Waals surface area contributed by atoms with Crippen LogP contribution in [-0.4, -0.2) is 28.0 Å². The summed E-state index contributed by atoms with van der Waals surface area (Å²) in [5.74, 6) is 0. The molecule has 0 atom stereocenters. The average Bonchev–Trinajstić information content (AvgIpc) is 2.91. The van der Waals surface area contributed by atoms with Gasteiger partial charge >= 0.3 is 0 Å². The summed E-state index contributed by atoms with van der Waals surface area (Å²) in [5, 5.41) is 11.3. The highest BCUT2D eigenvalue weighted by atomic mass is 16.6. The van der Waals surface area contributed by atoms with Gasteiger partial charge in [0.15, 0.2) is 5.52 Å². The SMILES string of the molecule is O=c1[nH]cnc2c([N+](=O)[O-])ccc(N3CCCC3)c12. The van der Waals surface area contributed by atoms with Crippen LogP contribution in [0.1, 0.15) is 12.8 Å². The van der Waals surface area contributed by atoms with Crippen molar-refractivity contribution in [1.29, 1.82) is 0 Å². The van der Waals surface area contributed by atoms with Gasteiger partial charge in [-0.15, -0.1) is 0 Å². The predicted molar refractivity (Wildman–Crippen MR) is 70.5 cm³/mol. The summed E-state index contributed by atoms with van der Waals surface area (Å²) in [5.41, 5.74) is 0.408. The van der Waals surface area contributed by atoms with E-state index in [1.54, 1.807) is 6.07 Å². The first-order valence-electron chi connectivity index (χ1n) is 6.08. The molecule has 1 aromatic carbocycles. The first-order chi connectivity index (χ1) is 9.18. The molecule has 1 aromatic heterocycles. The number of rotatable bonds is 2. The Balaban J connectivity index is 2.33. The Labute approximate surface area is 108 Å². The molecular formula is C12H12N4O3. The van der Waals surface area contributed by atoms with Crippen molar-refractivity contribution in [2.24, 2.45) is 0 Å². The quantitative estimate of drug-likeness (QED) is 0.651. The zero-order valence-electron chi connectivity index (χ0n) is 10.1. The molecule has 7 heteroatoms. The maximum atomic E-state index is 12.0. The second kappa shape index (κ2) is 4.34. The Bertz CT molecular complexity index is 704. The minimum atomic E-state index is -0.511. The fourth-order valence-corrected chi connectivity index (χ4v) is 2.52. The van der Waals surface area contributed by atoms with E-state index in [1.165, 1.54) is 12.4 Å². The number of benzene rings is 1. The standard InChI is InChI=1S/C12H12N4O3/c17-12-10-8(15-5-1-2-6-15)3-4-9(16(18)19)11(10)13-7-14-12/h3-4,7H,1-2,5-6H2,(H,13,14,17). The van der Waals surface area contributed by atoms with Gasteiger partial charge in [0.05, 0.1) is 22.3 Å². The zero-order valence-corrected chi connectivity index (χ0v) is 10.1. The normalized spacial score (nSPS) is 15.1. The molecule has 98 valence electrons. The molecule has 0 aliphatic carbocycles. The van der Waals surface area contributed by atoms with Crippen molar-refractivity contribution in [3.63, 3.8) is 0 Å². The highest BCUT2D eigenvalue weighted by Crippen LogP contribution is 2.31. The third-order valence-electron chi connectivity index (χ3n) is 3.39. The van der Waals surface area contributed by atoms with E-state index in [0.717, 1.165) is 31.6 Å². The predicted octanol–water partition coefficient (Wildman–Crippen LogP) is 1.43. The van der Waals surface area contributed by atoms with Crippen LogP contribution in [0.15, 0.2) is 23.3 Å². The average molecular weight is 260 g/mol. The largest absolute Gasteiger partial charge is 0.371 e. The molecule has 2 aromatic rings. The molecule has 7 nitrogen and oxygen atoms in total. The second-order valence-electron chi connectivity index (χ2n) is 4.51. The van der Waals surface area contributed by atoms with Crippen molar-refractivity contribution in [3.05, 3.63) is 38.9 Å². The second-order valence-corrected chi connectivity index (χ2v) is 4.51. The number of fused-ring (bicyclic) bond motifs is 1. The van der Waals surface area contributed by atoms with Gasteiger partial charge in [-0.3, -0.25) is 14.9 Å². The lowest BCUT2D eigenvalue weighted by Crippen LogP contribution is -2.21. The molecule has 0 unspecified atom stereocenters. The van der Waals surface area contributed by atoms with Gasteiger partial charge in [-0.05, 0) is 18.9 Å². The Morgan fingerprint density at radius 2 is 2.05 bits per heavy atom. The topological polar surface area (TPSA) is 92.1 Å². The van der Waals surface area contributed by atoms with Crippen molar-refractivity contribution in [1.82, 2.24) is 9.97 Å². The molecule has 0 radical (unpaired) electrons. The number of anilines is 1. The van der Waals surface area contributed by atoms with E-state index >= 15 is 0 Å². The lowest BCUT2D eigenvalue weighted by molar-refractivity contribution is -0.383. The van der Waals surface area contributed by atoms with Gasteiger partial charge in [-0.25, -0.2) is 4.98 Å². The molecule has 0 spiro atoms. The van der Waals surface area contributed by atoms with Crippen LogP contribution in [0.5, 0.6) is 0 Å². The number of aromatic amines is 1. The molecule has 0 amide bonds. The van der Waals surface area contributed by atoms with Gasteiger partial charge in [0.2, 0.25) is 0 Å². The molecule has 0 bridgehead atoms. The number of non-ortho nitro benzene ring substituents is 1. The summed E-state index contributed by atoms with van der Waals surface area (Å²) in [4.78, 5) is 31.0. The van der Waals surface area contributed by atoms with Crippen molar-refractivity contribution in [2.75, 3.05) is 18.0 Å². The summed E-state index contributed by atoms with van der Waals surface area (Å²) in [6.07, 6.45) is 3.33. The number of nitro benzene ring substituents is 1. The molecule has 0 saturated carbocycles. The molecule has 19 heavy (non-hydrogen) atoms. The number of nitrogens with zero attached hydrogens (tertiary/aromatic N) is 3. The molecule has 1 saturated heterocycles. The minimum Gasteiger partial charge on any atom is -0.371 e. The van der Waals surface area contributed by atoms with Crippen molar-refractivity contribution >= 4 is 22.3 Å². The fourth-order valence-electron chi connectivity index (χ4n) is 2.52. The van der Waals surface area contributed by atoms with Gasteiger partial charge in [-0.1, -0.05) is 0 Å². The van der Waals surface area contributed by atoms with Gasteiger partial charge in [0.25, 0.3) is 11.2 Å². The lowest BCUT2D eigenvalue weighted by atomic mass is 10.1. The molecular weight excluding hydrogens is 248 g/mol. The maximum Gasteiger partial charge on any atom is 0.295 e. The summed E-state index contributed by atoms with van der Waals surface area (Å²) in [6.45, 7) is 1.72. The van der Waals surface area contributed by atoms with Gasteiger partial charge in [-0.2, -0.15) is 0 Å². The molecule has 1 fully saturated rings. The Kier molecular flexibility index (Phi) is 2.66. The molecule has 1 aliphatic heterocycles. The van der Waals surface area contributed by atoms with Crippen LogP contribution in [-0.2, 0) is 0 Å². The van der Waals surface area contributed by atoms with E-state index in [9.17, 15) is 14.9 Å². The zero-order chi connectivity index (χ0) is 13.4. The first-order valence-corrected chi connectivity index (χ1v) is 6.08. The molecule has 1 aliphatic rings. The number of hydrogen-bond acceptors (Lipinski definition) is 5. The van der Waals surface area contributed by atoms with E-state index in [2.05, 4.69) is 14.9 Å². The van der Waals surface area contributed by atoms with Crippen LogP contribution in [0.3, 0.4) is 0 Å². The summed E-state index contributed by atoms with van der Waals surface area (Å²) < 4.78 is 0. The van der Waals surface area contributed by atoms with Crippen molar-refractivity contribution in [2.45, 2.75) is 12.8 Å². The number of H-pyrrole nitrogens is 1. The highest BCUT2D eigenvalue weighted by molar-refractivity contribution is 5.96.